The summed E-state index contributed by atoms with van der Waals surface area (Å²) < 4.78 is 31.3. The van der Waals surface area contributed by atoms with Crippen LogP contribution in [0.25, 0.3) is 0 Å². The van der Waals surface area contributed by atoms with Crippen LogP contribution in [-0.4, -0.2) is 75.8 Å². The number of ether oxygens (including phenoxy) is 2. The van der Waals surface area contributed by atoms with Gasteiger partial charge < -0.3 is 19.3 Å². The minimum absolute atomic E-state index is 0.345. The van der Waals surface area contributed by atoms with E-state index in [1.165, 1.54) is 5.56 Å². The highest BCUT2D eigenvalue weighted by molar-refractivity contribution is 8.24. The summed E-state index contributed by atoms with van der Waals surface area (Å²) in [7, 11) is -2.45. The van der Waals surface area contributed by atoms with Gasteiger partial charge in [0.1, 0.15) is 17.2 Å². The Labute approximate surface area is 219 Å². The first-order chi connectivity index (χ1) is 17.9. The fourth-order valence-corrected chi connectivity index (χ4v) is 5.80. The molecule has 3 aromatic carbocycles. The maximum absolute atomic E-state index is 12.8. The number of amides is 1. The second kappa shape index (κ2) is 11.4. The van der Waals surface area contributed by atoms with E-state index in [4.69, 9.17) is 9.47 Å². The van der Waals surface area contributed by atoms with Crippen molar-refractivity contribution in [1.29, 1.82) is 0 Å². The Kier molecular flexibility index (Phi) is 7.85. The molecule has 3 aromatic rings. The van der Waals surface area contributed by atoms with Crippen molar-refractivity contribution in [2.24, 2.45) is 0 Å². The zero-order valence-electron chi connectivity index (χ0n) is 20.7. The molecule has 0 unspecified atom stereocenters. The normalized spacial score (nSPS) is 18.8. The number of hydrogen-bond donors (Lipinski definition) is 2. The van der Waals surface area contributed by atoms with Gasteiger partial charge in [-0.25, -0.2) is 4.79 Å². The molecule has 8 nitrogen and oxygen atoms in total. The summed E-state index contributed by atoms with van der Waals surface area (Å²) in [5.74, 6) is 2.85. The lowest BCUT2D eigenvalue weighted by Crippen LogP contribution is -2.49. The van der Waals surface area contributed by atoms with Gasteiger partial charge in [-0.05, 0) is 42.0 Å². The van der Waals surface area contributed by atoms with Gasteiger partial charge in [0.25, 0.3) is 0 Å². The average Bonchev–Trinajstić information content (AvgIpc) is 2.90. The number of carbonyl (C=O) groups is 1. The van der Waals surface area contributed by atoms with E-state index in [2.05, 4.69) is 21.9 Å². The van der Waals surface area contributed by atoms with Crippen LogP contribution in [0.3, 0.4) is 0 Å². The molecule has 0 radical (unpaired) electrons. The number of benzene rings is 3. The Morgan fingerprint density at radius 3 is 2.19 bits per heavy atom. The van der Waals surface area contributed by atoms with Crippen LogP contribution >= 0.6 is 10.6 Å². The van der Waals surface area contributed by atoms with E-state index in [0.717, 1.165) is 36.8 Å². The van der Waals surface area contributed by atoms with Crippen LogP contribution in [0.2, 0.25) is 0 Å². The monoisotopic (exact) mass is 523 g/mol. The van der Waals surface area contributed by atoms with Crippen LogP contribution in [0.4, 0.5) is 10.5 Å². The summed E-state index contributed by atoms with van der Waals surface area (Å²) in [4.78, 5) is 19.0. The maximum atomic E-state index is 12.8. The second-order valence-corrected chi connectivity index (χ2v) is 11.8. The summed E-state index contributed by atoms with van der Waals surface area (Å²) in [6, 6.07) is 25.3. The molecule has 5 rings (SSSR count). The molecule has 0 atom stereocenters. The summed E-state index contributed by atoms with van der Waals surface area (Å²) >= 11 is 0. The molecule has 0 saturated carbocycles. The molecule has 196 valence electrons. The Balaban J connectivity index is 1.10. The Morgan fingerprint density at radius 2 is 1.43 bits per heavy atom. The van der Waals surface area contributed by atoms with Crippen LogP contribution in [0.1, 0.15) is 5.56 Å². The molecular formula is C28H33N3O5S. The molecule has 2 heterocycles. The summed E-state index contributed by atoms with van der Waals surface area (Å²) in [6.45, 7) is 4.66. The molecule has 2 N–H and O–H groups in total. The van der Waals surface area contributed by atoms with Gasteiger partial charge in [-0.15, -0.1) is 0 Å². The molecule has 0 aromatic heterocycles. The number of rotatable bonds is 6. The summed E-state index contributed by atoms with van der Waals surface area (Å²) in [5, 5.41) is 0. The predicted octanol–water partition coefficient (Wildman–Crippen LogP) is 5.37. The smallest absolute Gasteiger partial charge is 0.415 e. The van der Waals surface area contributed by atoms with Crippen LogP contribution in [0.5, 0.6) is 17.2 Å². The molecule has 0 bridgehead atoms. The van der Waals surface area contributed by atoms with Crippen LogP contribution < -0.4 is 14.4 Å². The third kappa shape index (κ3) is 6.95. The molecule has 2 aliphatic heterocycles. The molecule has 2 fully saturated rings. The Morgan fingerprint density at radius 1 is 0.757 bits per heavy atom. The van der Waals surface area contributed by atoms with Crippen molar-refractivity contribution in [2.75, 3.05) is 55.7 Å². The highest BCUT2D eigenvalue weighted by atomic mass is 32.3. The fraction of sp³-hybridized carbons (Fsp3) is 0.321. The molecule has 0 spiro atoms. The van der Waals surface area contributed by atoms with Crippen LogP contribution in [0.15, 0.2) is 78.9 Å². The van der Waals surface area contributed by atoms with E-state index in [-0.39, 0.29) is 6.09 Å². The third-order valence-corrected chi connectivity index (χ3v) is 8.35. The van der Waals surface area contributed by atoms with E-state index in [9.17, 15) is 13.9 Å². The number of piperazine rings is 1. The Hall–Kier alpha value is -3.24. The first-order valence-electron chi connectivity index (χ1n) is 12.5. The molecule has 9 heteroatoms. The van der Waals surface area contributed by atoms with E-state index in [1.807, 2.05) is 60.7 Å². The van der Waals surface area contributed by atoms with Gasteiger partial charge >= 0.3 is 6.09 Å². The highest BCUT2D eigenvalue weighted by Crippen LogP contribution is 2.41. The van der Waals surface area contributed by atoms with Gasteiger partial charge in [0, 0.05) is 57.6 Å². The first-order valence-corrected chi connectivity index (χ1v) is 14.4. The molecule has 1 amide bonds. The minimum Gasteiger partial charge on any atom is -0.457 e. The van der Waals surface area contributed by atoms with E-state index >= 15 is 0 Å². The van der Waals surface area contributed by atoms with Gasteiger partial charge in [-0.3, -0.25) is 14.0 Å². The summed E-state index contributed by atoms with van der Waals surface area (Å²) in [5.41, 5.74) is 2.09. The predicted molar refractivity (Wildman–Crippen MR) is 147 cm³/mol. The van der Waals surface area contributed by atoms with Gasteiger partial charge in [-0.1, -0.05) is 36.4 Å². The zero-order chi connectivity index (χ0) is 25.7. The lowest BCUT2D eigenvalue weighted by molar-refractivity contribution is 0.108. The number of anilines is 1. The quantitative estimate of drug-likeness (QED) is 0.450. The van der Waals surface area contributed by atoms with Crippen molar-refractivity contribution in [2.45, 2.75) is 6.54 Å². The van der Waals surface area contributed by atoms with Crippen LogP contribution in [-0.2, 0) is 6.54 Å². The minimum atomic E-state index is -2.45. The number of nitrogens with zero attached hydrogens (tertiary/aromatic N) is 3. The van der Waals surface area contributed by atoms with E-state index in [0.29, 0.717) is 43.4 Å². The van der Waals surface area contributed by atoms with Crippen molar-refractivity contribution in [3.8, 4) is 17.2 Å². The Bertz CT molecular complexity index is 1190. The van der Waals surface area contributed by atoms with Gasteiger partial charge in [0.2, 0.25) is 0 Å². The summed E-state index contributed by atoms with van der Waals surface area (Å²) in [6.07, 6.45) is -0.345. The average molecular weight is 524 g/mol. The van der Waals surface area contributed by atoms with Crippen molar-refractivity contribution < 1.29 is 23.4 Å². The van der Waals surface area contributed by atoms with Crippen LogP contribution in [0, 0.1) is 0 Å². The highest BCUT2D eigenvalue weighted by Gasteiger charge is 2.25. The first kappa shape index (κ1) is 25.4. The number of para-hydroxylation sites is 1. The molecule has 2 saturated heterocycles. The fourth-order valence-electron chi connectivity index (χ4n) is 4.57. The van der Waals surface area contributed by atoms with Crippen molar-refractivity contribution >= 4 is 22.4 Å². The van der Waals surface area contributed by atoms with Gasteiger partial charge in [0.15, 0.2) is 0 Å². The van der Waals surface area contributed by atoms with Crippen molar-refractivity contribution in [1.82, 2.24) is 9.80 Å². The maximum Gasteiger partial charge on any atom is 0.415 e. The number of carbonyl (C=O) groups excluding carboxylic acids is 1. The molecule has 2 aliphatic rings. The SMILES string of the molecule is O=C(Oc1cccc(N2CCS(O)(O)CC2)c1)N1CCN(Cc2cccc(Oc3ccccc3)c2)CC1. The lowest BCUT2D eigenvalue weighted by atomic mass is 10.2. The zero-order valence-corrected chi connectivity index (χ0v) is 21.6. The van der Waals surface area contributed by atoms with Gasteiger partial charge in [-0.2, -0.15) is 10.6 Å². The topological polar surface area (TPSA) is 85.7 Å². The van der Waals surface area contributed by atoms with Crippen molar-refractivity contribution in [3.63, 3.8) is 0 Å². The molecular weight excluding hydrogens is 490 g/mol. The second-order valence-electron chi connectivity index (χ2n) is 9.39. The lowest BCUT2D eigenvalue weighted by Gasteiger charge is -2.41. The molecule has 0 aliphatic carbocycles. The molecule has 37 heavy (non-hydrogen) atoms. The largest absolute Gasteiger partial charge is 0.457 e. The van der Waals surface area contributed by atoms with E-state index < -0.39 is 10.6 Å². The van der Waals surface area contributed by atoms with Crippen molar-refractivity contribution in [3.05, 3.63) is 84.4 Å². The third-order valence-electron chi connectivity index (χ3n) is 6.68. The standard InChI is InChI=1S/C28H33N3O5S/c32-28(36-27-11-5-7-24(21-27)30-16-18-37(33,34)19-17-30)31-14-12-29(13-15-31)22-23-6-4-10-26(20-23)35-25-8-2-1-3-9-25/h1-11,20-21,33-34H,12-19,22H2. The van der Waals surface area contributed by atoms with E-state index in [1.54, 1.807) is 11.0 Å². The number of hydrogen-bond acceptors (Lipinski definition) is 7. The van der Waals surface area contributed by atoms with Gasteiger partial charge in [0.05, 0.1) is 11.5 Å².